The number of hydrogen-bond acceptors (Lipinski definition) is 5. The number of nitrogens with zero attached hydrogens (tertiary/aromatic N) is 5. The molecule has 0 aliphatic carbocycles. The van der Waals surface area contributed by atoms with E-state index in [-0.39, 0.29) is 24.0 Å². The summed E-state index contributed by atoms with van der Waals surface area (Å²) in [7, 11) is 2.18. The Morgan fingerprint density at radius 2 is 1.60 bits per heavy atom. The summed E-state index contributed by atoms with van der Waals surface area (Å²) in [5.41, 5.74) is 3.88. The van der Waals surface area contributed by atoms with Crippen LogP contribution in [0.15, 0.2) is 42.5 Å². The van der Waals surface area contributed by atoms with E-state index in [4.69, 9.17) is 11.6 Å². The second-order valence-corrected chi connectivity index (χ2v) is 13.5. The van der Waals surface area contributed by atoms with Crippen LogP contribution in [-0.4, -0.2) is 120 Å². The Morgan fingerprint density at radius 1 is 0.911 bits per heavy atom. The number of carbonyl (C=O) groups is 3. The lowest BCUT2D eigenvalue weighted by Crippen LogP contribution is -2.59. The fourth-order valence-electron chi connectivity index (χ4n) is 7.30. The van der Waals surface area contributed by atoms with E-state index in [1.807, 2.05) is 59.2 Å². The molecule has 242 valence electrons. The van der Waals surface area contributed by atoms with Gasteiger partial charge in [0.15, 0.2) is 0 Å². The molecule has 2 aromatic carbocycles. The third-order valence-corrected chi connectivity index (χ3v) is 10.6. The molecule has 0 spiro atoms. The SMILES string of the molecule is Cc1cc(CC(NC(=O)N2CCC(N3Cc4ccccc4NC3=O)CC2)C(=O)N2CCN(C3CCN(C)CC3)CC2)ccc1Cl. The number of amides is 5. The molecule has 6 rings (SSSR count). The van der Waals surface area contributed by atoms with E-state index in [1.54, 1.807) is 4.90 Å². The first-order valence-electron chi connectivity index (χ1n) is 16.4. The Kier molecular flexibility index (Phi) is 9.82. The average Bonchev–Trinajstić information content (AvgIpc) is 3.06. The number of hydrogen-bond donors (Lipinski definition) is 2. The van der Waals surface area contributed by atoms with Gasteiger partial charge in [-0.25, -0.2) is 9.59 Å². The first kappa shape index (κ1) is 31.6. The summed E-state index contributed by atoms with van der Waals surface area (Å²) in [6.07, 6.45) is 4.13. The molecule has 0 bridgehead atoms. The molecule has 3 saturated heterocycles. The molecule has 2 aromatic rings. The Balaban J connectivity index is 1.07. The lowest BCUT2D eigenvalue weighted by Gasteiger charge is -2.43. The van der Waals surface area contributed by atoms with Crippen molar-refractivity contribution in [2.45, 2.75) is 63.7 Å². The molecule has 2 N–H and O–H groups in total. The number of fused-ring (bicyclic) bond motifs is 1. The molecule has 4 heterocycles. The molecule has 0 aromatic heterocycles. The number of carbonyl (C=O) groups excluding carboxylic acids is 3. The highest BCUT2D eigenvalue weighted by atomic mass is 35.5. The highest BCUT2D eigenvalue weighted by Crippen LogP contribution is 2.28. The van der Waals surface area contributed by atoms with Crippen molar-refractivity contribution in [2.24, 2.45) is 0 Å². The molecule has 3 fully saturated rings. The second-order valence-electron chi connectivity index (χ2n) is 13.1. The number of nitrogens with one attached hydrogen (secondary N) is 2. The van der Waals surface area contributed by atoms with E-state index in [1.165, 1.54) is 12.8 Å². The Hall–Kier alpha value is -3.34. The topological polar surface area (TPSA) is 91.5 Å². The number of benzene rings is 2. The minimum Gasteiger partial charge on any atom is -0.338 e. The first-order chi connectivity index (χ1) is 21.7. The zero-order valence-electron chi connectivity index (χ0n) is 26.5. The normalized spacial score (nSPS) is 21.3. The van der Waals surface area contributed by atoms with Crippen molar-refractivity contribution in [1.29, 1.82) is 0 Å². The molecule has 5 amide bonds. The molecule has 11 heteroatoms. The molecule has 1 unspecified atom stereocenters. The smallest absolute Gasteiger partial charge is 0.322 e. The van der Waals surface area contributed by atoms with Crippen LogP contribution in [0.25, 0.3) is 0 Å². The molecule has 45 heavy (non-hydrogen) atoms. The average molecular weight is 636 g/mol. The molecule has 4 aliphatic heterocycles. The van der Waals surface area contributed by atoms with Gasteiger partial charge in [-0.05, 0) is 81.6 Å². The summed E-state index contributed by atoms with van der Waals surface area (Å²) < 4.78 is 0. The van der Waals surface area contributed by atoms with Crippen molar-refractivity contribution in [2.75, 3.05) is 64.7 Å². The maximum absolute atomic E-state index is 14.0. The van der Waals surface area contributed by atoms with Crippen molar-refractivity contribution < 1.29 is 14.4 Å². The monoisotopic (exact) mass is 635 g/mol. The number of likely N-dealkylation sites (tertiary alicyclic amines) is 2. The van der Waals surface area contributed by atoms with Crippen LogP contribution in [0.5, 0.6) is 0 Å². The summed E-state index contributed by atoms with van der Waals surface area (Å²) in [6, 6.07) is 13.3. The summed E-state index contributed by atoms with van der Waals surface area (Å²) >= 11 is 6.29. The molecular weight excluding hydrogens is 590 g/mol. The van der Waals surface area contributed by atoms with Gasteiger partial charge in [-0.1, -0.05) is 41.9 Å². The fourth-order valence-corrected chi connectivity index (χ4v) is 7.41. The van der Waals surface area contributed by atoms with Gasteiger partial charge in [0, 0.05) is 75.0 Å². The van der Waals surface area contributed by atoms with E-state index in [0.717, 1.165) is 48.6 Å². The van der Waals surface area contributed by atoms with Gasteiger partial charge in [0.1, 0.15) is 6.04 Å². The van der Waals surface area contributed by atoms with Crippen molar-refractivity contribution in [3.05, 3.63) is 64.2 Å². The number of piperidine rings is 2. The summed E-state index contributed by atoms with van der Waals surface area (Å²) in [5, 5.41) is 6.80. The first-order valence-corrected chi connectivity index (χ1v) is 16.8. The highest BCUT2D eigenvalue weighted by molar-refractivity contribution is 6.31. The maximum Gasteiger partial charge on any atom is 0.322 e. The van der Waals surface area contributed by atoms with Crippen molar-refractivity contribution in [3.63, 3.8) is 0 Å². The van der Waals surface area contributed by atoms with Gasteiger partial charge >= 0.3 is 12.1 Å². The summed E-state index contributed by atoms with van der Waals surface area (Å²) in [6.45, 7) is 8.88. The van der Waals surface area contributed by atoms with Crippen LogP contribution in [0.2, 0.25) is 5.02 Å². The summed E-state index contributed by atoms with van der Waals surface area (Å²) in [4.78, 5) is 51.0. The number of aryl methyl sites for hydroxylation is 1. The van der Waals surface area contributed by atoms with E-state index in [2.05, 4.69) is 27.5 Å². The van der Waals surface area contributed by atoms with Crippen LogP contribution in [0.4, 0.5) is 15.3 Å². The third kappa shape index (κ3) is 7.39. The molecule has 1 atom stereocenters. The largest absolute Gasteiger partial charge is 0.338 e. The van der Waals surface area contributed by atoms with Gasteiger partial charge in [-0.2, -0.15) is 0 Å². The zero-order chi connectivity index (χ0) is 31.5. The van der Waals surface area contributed by atoms with E-state index in [0.29, 0.717) is 63.1 Å². The molecule has 0 radical (unpaired) electrons. The predicted molar refractivity (Wildman–Crippen MR) is 176 cm³/mol. The molecule has 0 saturated carbocycles. The number of anilines is 1. The minimum atomic E-state index is -0.671. The third-order valence-electron chi connectivity index (χ3n) is 10.1. The van der Waals surface area contributed by atoms with E-state index in [9.17, 15) is 14.4 Å². The van der Waals surface area contributed by atoms with Gasteiger partial charge in [0.2, 0.25) is 5.91 Å². The lowest BCUT2D eigenvalue weighted by atomic mass is 10.0. The second kappa shape index (κ2) is 14.0. The molecular formula is C34H46ClN7O3. The Morgan fingerprint density at radius 3 is 2.31 bits per heavy atom. The van der Waals surface area contributed by atoms with E-state index < -0.39 is 6.04 Å². The highest BCUT2D eigenvalue weighted by Gasteiger charge is 2.35. The maximum atomic E-state index is 14.0. The van der Waals surface area contributed by atoms with Crippen molar-refractivity contribution >= 4 is 35.3 Å². The fraction of sp³-hybridized carbons (Fsp3) is 0.559. The Bertz CT molecular complexity index is 1380. The minimum absolute atomic E-state index is 0.0301. The Labute approximate surface area is 271 Å². The standard InChI is InChI=1S/C34H46ClN7O3/c1-24-21-25(7-8-29(24)35)22-31(32(43)40-19-17-39(18-20-40)27-9-13-38(2)14-10-27)37-33(44)41-15-11-28(12-16-41)42-23-26-5-3-4-6-30(26)36-34(42)45/h3-8,21,27-28,31H,9-20,22-23H2,1-2H3,(H,36,45)(H,37,44). The van der Waals surface area contributed by atoms with Crippen LogP contribution < -0.4 is 10.6 Å². The number of rotatable bonds is 6. The van der Waals surface area contributed by atoms with Crippen LogP contribution in [0.1, 0.15) is 42.4 Å². The number of halogens is 1. The molecule has 10 nitrogen and oxygen atoms in total. The number of para-hydroxylation sites is 1. The van der Waals surface area contributed by atoms with Gasteiger partial charge < -0.3 is 30.2 Å². The van der Waals surface area contributed by atoms with Gasteiger partial charge in [0.25, 0.3) is 0 Å². The quantitative estimate of drug-likeness (QED) is 0.501. The van der Waals surface area contributed by atoms with Gasteiger partial charge in [-0.15, -0.1) is 0 Å². The van der Waals surface area contributed by atoms with Gasteiger partial charge in [0.05, 0.1) is 0 Å². The van der Waals surface area contributed by atoms with Crippen LogP contribution in [0, 0.1) is 6.92 Å². The zero-order valence-corrected chi connectivity index (χ0v) is 27.3. The van der Waals surface area contributed by atoms with Crippen LogP contribution >= 0.6 is 11.6 Å². The van der Waals surface area contributed by atoms with E-state index >= 15 is 0 Å². The van der Waals surface area contributed by atoms with Gasteiger partial charge in [-0.3, -0.25) is 9.69 Å². The van der Waals surface area contributed by atoms with Crippen LogP contribution in [0.3, 0.4) is 0 Å². The summed E-state index contributed by atoms with van der Waals surface area (Å²) in [5.74, 6) is -0.0301. The van der Waals surface area contributed by atoms with Crippen molar-refractivity contribution in [1.82, 2.24) is 29.8 Å². The lowest BCUT2D eigenvalue weighted by molar-refractivity contribution is -0.135. The predicted octanol–water partition coefficient (Wildman–Crippen LogP) is 4.02. The number of piperazine rings is 1. The van der Waals surface area contributed by atoms with Crippen LogP contribution in [-0.2, 0) is 17.8 Å². The van der Waals surface area contributed by atoms with Crippen molar-refractivity contribution in [3.8, 4) is 0 Å². The number of urea groups is 2. The molecule has 4 aliphatic rings.